The van der Waals surface area contributed by atoms with E-state index in [2.05, 4.69) is 27.8 Å². The summed E-state index contributed by atoms with van der Waals surface area (Å²) in [7, 11) is 0. The first-order valence-electron chi connectivity index (χ1n) is 6.05. The molecule has 0 amide bonds. The molecule has 2 aromatic rings. The number of hydrogen-bond donors (Lipinski definition) is 1. The number of anilines is 1. The SMILES string of the molecule is CCCCCCc1nc2cc(Br)cc(N)c2o1. The lowest BCUT2D eigenvalue weighted by Crippen LogP contribution is -1.85. The lowest BCUT2D eigenvalue weighted by Gasteiger charge is -1.95. The number of aryl methyl sites for hydroxylation is 1. The number of hydrogen-bond acceptors (Lipinski definition) is 3. The zero-order valence-electron chi connectivity index (χ0n) is 10.0. The molecule has 0 spiro atoms. The molecule has 0 unspecified atom stereocenters. The van der Waals surface area contributed by atoms with Gasteiger partial charge in [0.2, 0.25) is 0 Å². The van der Waals surface area contributed by atoms with Crippen LogP contribution in [0, 0.1) is 0 Å². The molecule has 0 bridgehead atoms. The molecule has 0 radical (unpaired) electrons. The molecule has 0 saturated heterocycles. The number of halogens is 1. The number of aromatic nitrogens is 1. The Bertz CT molecular complexity index is 507. The first-order valence-corrected chi connectivity index (χ1v) is 6.84. The normalized spacial score (nSPS) is 11.2. The van der Waals surface area contributed by atoms with Crippen molar-refractivity contribution in [1.82, 2.24) is 4.98 Å². The van der Waals surface area contributed by atoms with E-state index in [1.165, 1.54) is 19.3 Å². The molecular formula is C13H17BrN2O. The lowest BCUT2D eigenvalue weighted by molar-refractivity contribution is 0.510. The van der Waals surface area contributed by atoms with Crippen molar-refractivity contribution in [3.63, 3.8) is 0 Å². The third-order valence-electron chi connectivity index (χ3n) is 2.77. The molecule has 0 atom stereocenters. The topological polar surface area (TPSA) is 52.0 Å². The highest BCUT2D eigenvalue weighted by atomic mass is 79.9. The summed E-state index contributed by atoms with van der Waals surface area (Å²) < 4.78 is 6.62. The van der Waals surface area contributed by atoms with Crippen molar-refractivity contribution < 1.29 is 4.42 Å². The fourth-order valence-electron chi connectivity index (χ4n) is 1.88. The van der Waals surface area contributed by atoms with Crippen molar-refractivity contribution in [1.29, 1.82) is 0 Å². The fraction of sp³-hybridized carbons (Fsp3) is 0.462. The molecule has 4 heteroatoms. The van der Waals surface area contributed by atoms with Gasteiger partial charge >= 0.3 is 0 Å². The van der Waals surface area contributed by atoms with E-state index in [9.17, 15) is 0 Å². The second kappa shape index (κ2) is 5.54. The summed E-state index contributed by atoms with van der Waals surface area (Å²) in [5.41, 5.74) is 8.07. The second-order valence-electron chi connectivity index (χ2n) is 4.26. The molecule has 1 heterocycles. The van der Waals surface area contributed by atoms with Gasteiger partial charge in [-0.05, 0) is 18.6 Å². The minimum Gasteiger partial charge on any atom is -0.439 e. The molecule has 0 saturated carbocycles. The minimum atomic E-state index is 0.640. The van der Waals surface area contributed by atoms with Gasteiger partial charge in [-0.15, -0.1) is 0 Å². The quantitative estimate of drug-likeness (QED) is 0.661. The molecule has 3 nitrogen and oxygen atoms in total. The minimum absolute atomic E-state index is 0.640. The number of rotatable bonds is 5. The first kappa shape index (κ1) is 12.4. The Morgan fingerprint density at radius 1 is 1.29 bits per heavy atom. The van der Waals surface area contributed by atoms with Gasteiger partial charge < -0.3 is 10.2 Å². The Kier molecular flexibility index (Phi) is 4.05. The molecular weight excluding hydrogens is 280 g/mol. The molecule has 1 aromatic heterocycles. The third-order valence-corrected chi connectivity index (χ3v) is 3.23. The Labute approximate surface area is 110 Å². The fourth-order valence-corrected chi connectivity index (χ4v) is 2.34. The van der Waals surface area contributed by atoms with Crippen LogP contribution in [-0.2, 0) is 6.42 Å². The van der Waals surface area contributed by atoms with Crippen molar-refractivity contribution in [3.05, 3.63) is 22.5 Å². The van der Waals surface area contributed by atoms with Gasteiger partial charge in [0.25, 0.3) is 0 Å². The van der Waals surface area contributed by atoms with Gasteiger partial charge in [0.1, 0.15) is 5.52 Å². The van der Waals surface area contributed by atoms with Crippen LogP contribution in [0.25, 0.3) is 11.1 Å². The van der Waals surface area contributed by atoms with E-state index in [0.29, 0.717) is 11.3 Å². The number of nitrogens with two attached hydrogens (primary N) is 1. The summed E-state index contributed by atoms with van der Waals surface area (Å²) in [5.74, 6) is 0.793. The van der Waals surface area contributed by atoms with Crippen LogP contribution in [0.15, 0.2) is 21.0 Å². The van der Waals surface area contributed by atoms with Gasteiger partial charge in [0, 0.05) is 10.9 Å². The first-order chi connectivity index (χ1) is 8.20. The lowest BCUT2D eigenvalue weighted by atomic mass is 10.1. The van der Waals surface area contributed by atoms with E-state index in [4.69, 9.17) is 10.2 Å². The van der Waals surface area contributed by atoms with Crippen molar-refractivity contribution in [2.45, 2.75) is 39.0 Å². The monoisotopic (exact) mass is 296 g/mol. The molecule has 0 aliphatic heterocycles. The van der Waals surface area contributed by atoms with Crippen molar-refractivity contribution in [2.24, 2.45) is 0 Å². The van der Waals surface area contributed by atoms with Gasteiger partial charge in [0.05, 0.1) is 5.69 Å². The van der Waals surface area contributed by atoms with Gasteiger partial charge in [-0.25, -0.2) is 4.98 Å². The van der Waals surface area contributed by atoms with Crippen LogP contribution >= 0.6 is 15.9 Å². The Morgan fingerprint density at radius 2 is 2.12 bits per heavy atom. The van der Waals surface area contributed by atoms with Crippen LogP contribution in [0.1, 0.15) is 38.5 Å². The summed E-state index contributed by atoms with van der Waals surface area (Å²) in [4.78, 5) is 4.46. The zero-order chi connectivity index (χ0) is 12.3. The summed E-state index contributed by atoms with van der Waals surface area (Å²) in [6, 6.07) is 3.78. The predicted octanol–water partition coefficient (Wildman–Crippen LogP) is 4.30. The highest BCUT2D eigenvalue weighted by Crippen LogP contribution is 2.27. The maximum absolute atomic E-state index is 5.88. The molecule has 17 heavy (non-hydrogen) atoms. The molecule has 0 aliphatic rings. The van der Waals surface area contributed by atoms with Crippen molar-refractivity contribution in [2.75, 3.05) is 5.73 Å². The molecule has 0 aliphatic carbocycles. The maximum atomic E-state index is 5.88. The van der Waals surface area contributed by atoms with Crippen molar-refractivity contribution >= 4 is 32.7 Å². The second-order valence-corrected chi connectivity index (χ2v) is 5.18. The Morgan fingerprint density at radius 3 is 2.88 bits per heavy atom. The van der Waals surface area contributed by atoms with Crippen LogP contribution in [0.4, 0.5) is 5.69 Å². The number of fused-ring (bicyclic) bond motifs is 1. The Balaban J connectivity index is 2.12. The molecule has 1 aromatic carbocycles. The molecule has 0 fully saturated rings. The van der Waals surface area contributed by atoms with Gasteiger partial charge in [0.15, 0.2) is 11.5 Å². The summed E-state index contributed by atoms with van der Waals surface area (Å²) in [6.45, 7) is 2.21. The summed E-state index contributed by atoms with van der Waals surface area (Å²) >= 11 is 3.40. The molecule has 2 rings (SSSR count). The van der Waals surface area contributed by atoms with E-state index in [-0.39, 0.29) is 0 Å². The maximum Gasteiger partial charge on any atom is 0.195 e. The van der Waals surface area contributed by atoms with E-state index in [1.54, 1.807) is 0 Å². The van der Waals surface area contributed by atoms with Crippen LogP contribution in [0.2, 0.25) is 0 Å². The number of nitrogens with zero attached hydrogens (tertiary/aromatic N) is 1. The van der Waals surface area contributed by atoms with Crippen molar-refractivity contribution in [3.8, 4) is 0 Å². The number of unbranched alkanes of at least 4 members (excludes halogenated alkanes) is 3. The van der Waals surface area contributed by atoms with Gasteiger partial charge in [-0.1, -0.05) is 42.1 Å². The number of oxazole rings is 1. The van der Waals surface area contributed by atoms with E-state index >= 15 is 0 Å². The van der Waals surface area contributed by atoms with Crippen LogP contribution in [-0.4, -0.2) is 4.98 Å². The number of nitrogen functional groups attached to an aromatic ring is 1. The third kappa shape index (κ3) is 3.00. The largest absolute Gasteiger partial charge is 0.439 e. The van der Waals surface area contributed by atoms with Crippen LogP contribution < -0.4 is 5.73 Å². The van der Waals surface area contributed by atoms with Crippen LogP contribution in [0.5, 0.6) is 0 Å². The molecule has 2 N–H and O–H groups in total. The standard InChI is InChI=1S/C13H17BrN2O/c1-2-3-4-5-6-12-16-11-8-9(14)7-10(15)13(11)17-12/h7-8H,2-6,15H2,1H3. The van der Waals surface area contributed by atoms with E-state index in [1.807, 2.05) is 12.1 Å². The summed E-state index contributed by atoms with van der Waals surface area (Å²) in [5, 5.41) is 0. The van der Waals surface area contributed by atoms with Gasteiger partial charge in [-0.3, -0.25) is 0 Å². The highest BCUT2D eigenvalue weighted by molar-refractivity contribution is 9.10. The smallest absolute Gasteiger partial charge is 0.195 e. The molecule has 92 valence electrons. The highest BCUT2D eigenvalue weighted by Gasteiger charge is 2.09. The number of benzene rings is 1. The average Bonchev–Trinajstić information content (AvgIpc) is 2.67. The van der Waals surface area contributed by atoms with E-state index in [0.717, 1.165) is 28.7 Å². The van der Waals surface area contributed by atoms with Gasteiger partial charge in [-0.2, -0.15) is 0 Å². The van der Waals surface area contributed by atoms with E-state index < -0.39 is 0 Å². The predicted molar refractivity (Wildman–Crippen MR) is 74.0 cm³/mol. The Hall–Kier alpha value is -1.03. The van der Waals surface area contributed by atoms with Crippen LogP contribution in [0.3, 0.4) is 0 Å². The zero-order valence-corrected chi connectivity index (χ0v) is 11.6. The average molecular weight is 297 g/mol. The summed E-state index contributed by atoms with van der Waals surface area (Å²) in [6.07, 6.45) is 5.77.